The van der Waals surface area contributed by atoms with Crippen molar-refractivity contribution in [2.24, 2.45) is 5.73 Å². The Hall–Kier alpha value is -1.35. The minimum absolute atomic E-state index is 0.0507. The molecule has 1 amide bonds. The van der Waals surface area contributed by atoms with E-state index in [4.69, 9.17) is 5.73 Å². The number of benzene rings is 1. The number of amides is 1. The molecule has 1 unspecified atom stereocenters. The van der Waals surface area contributed by atoms with E-state index in [-0.39, 0.29) is 18.0 Å². The summed E-state index contributed by atoms with van der Waals surface area (Å²) in [5.74, 6) is -0.215. The molecule has 3 nitrogen and oxygen atoms in total. The van der Waals surface area contributed by atoms with E-state index in [0.717, 1.165) is 6.54 Å². The fraction of sp³-hybridized carbons (Fsp3) is 0.364. The van der Waals surface area contributed by atoms with Gasteiger partial charge in [-0.15, -0.1) is 0 Å². The zero-order valence-corrected chi connectivity index (χ0v) is 8.18. The Morgan fingerprint density at radius 3 is 2.64 bits per heavy atom. The second kappa shape index (κ2) is 3.42. The zero-order valence-electron chi connectivity index (χ0n) is 8.18. The molecule has 1 aliphatic rings. The molecule has 0 radical (unpaired) electrons. The van der Waals surface area contributed by atoms with Crippen molar-refractivity contribution in [1.29, 1.82) is 0 Å². The molecule has 3 heteroatoms. The SMILES string of the molecule is C[C@@H](c1ccccc1)N1C[C@@H]1C(N)=O. The van der Waals surface area contributed by atoms with Crippen molar-refractivity contribution in [3.05, 3.63) is 35.9 Å². The summed E-state index contributed by atoms with van der Waals surface area (Å²) in [6, 6.07) is 10.4. The van der Waals surface area contributed by atoms with E-state index in [9.17, 15) is 4.79 Å². The standard InChI is InChI=1S/C11H14N2O/c1-8(9-5-3-2-4-6-9)13-7-10(13)11(12)14/h2-6,8,10H,7H2,1H3,(H2,12,14)/t8-,10+,13?/m0/s1. The Kier molecular flexibility index (Phi) is 2.25. The highest BCUT2D eigenvalue weighted by molar-refractivity contribution is 5.83. The van der Waals surface area contributed by atoms with E-state index in [1.807, 2.05) is 18.2 Å². The van der Waals surface area contributed by atoms with E-state index < -0.39 is 0 Å². The first-order valence-electron chi connectivity index (χ1n) is 4.80. The molecule has 2 rings (SSSR count). The third-order valence-corrected chi connectivity index (χ3v) is 2.76. The number of carbonyl (C=O) groups excluding carboxylic acids is 1. The number of primary amides is 1. The van der Waals surface area contributed by atoms with Crippen molar-refractivity contribution in [1.82, 2.24) is 4.90 Å². The van der Waals surface area contributed by atoms with Gasteiger partial charge in [-0.3, -0.25) is 9.69 Å². The molecule has 0 bridgehead atoms. The first-order valence-corrected chi connectivity index (χ1v) is 4.80. The van der Waals surface area contributed by atoms with Crippen LogP contribution in [0.5, 0.6) is 0 Å². The second-order valence-electron chi connectivity index (χ2n) is 3.70. The van der Waals surface area contributed by atoms with E-state index >= 15 is 0 Å². The molecular formula is C11H14N2O. The summed E-state index contributed by atoms with van der Waals surface area (Å²) in [6.07, 6.45) is 0. The minimum Gasteiger partial charge on any atom is -0.368 e. The van der Waals surface area contributed by atoms with Crippen molar-refractivity contribution < 1.29 is 4.79 Å². The molecule has 1 aromatic rings. The van der Waals surface area contributed by atoms with Crippen LogP contribution in [0.2, 0.25) is 0 Å². The van der Waals surface area contributed by atoms with Crippen LogP contribution in [0.25, 0.3) is 0 Å². The summed E-state index contributed by atoms with van der Waals surface area (Å²) in [6.45, 7) is 2.89. The molecule has 3 atom stereocenters. The highest BCUT2D eigenvalue weighted by Gasteiger charge is 2.42. The monoisotopic (exact) mass is 190 g/mol. The number of rotatable bonds is 3. The Balaban J connectivity index is 2.05. The first-order chi connectivity index (χ1) is 6.70. The lowest BCUT2D eigenvalue weighted by Crippen LogP contribution is -2.22. The van der Waals surface area contributed by atoms with E-state index in [2.05, 4.69) is 24.0 Å². The molecule has 1 saturated heterocycles. The normalized spacial score (nSPS) is 26.9. The summed E-state index contributed by atoms with van der Waals surface area (Å²) in [5, 5.41) is 0. The van der Waals surface area contributed by atoms with Crippen molar-refractivity contribution in [2.75, 3.05) is 6.54 Å². The van der Waals surface area contributed by atoms with Crippen LogP contribution in [0.3, 0.4) is 0 Å². The Morgan fingerprint density at radius 2 is 2.14 bits per heavy atom. The maximum atomic E-state index is 10.9. The molecule has 1 aromatic carbocycles. The maximum absolute atomic E-state index is 10.9. The van der Waals surface area contributed by atoms with Gasteiger partial charge in [-0.1, -0.05) is 30.3 Å². The highest BCUT2D eigenvalue weighted by atomic mass is 16.1. The molecule has 14 heavy (non-hydrogen) atoms. The Labute approximate surface area is 83.5 Å². The molecule has 74 valence electrons. The summed E-state index contributed by atoms with van der Waals surface area (Å²) < 4.78 is 0. The zero-order chi connectivity index (χ0) is 10.1. The molecule has 1 fully saturated rings. The van der Waals surface area contributed by atoms with Gasteiger partial charge in [0, 0.05) is 12.6 Å². The van der Waals surface area contributed by atoms with Gasteiger partial charge < -0.3 is 5.73 Å². The van der Waals surface area contributed by atoms with Gasteiger partial charge in [0.15, 0.2) is 0 Å². The van der Waals surface area contributed by atoms with Gasteiger partial charge in [0.2, 0.25) is 5.91 Å². The van der Waals surface area contributed by atoms with Gasteiger partial charge in [-0.2, -0.15) is 0 Å². The van der Waals surface area contributed by atoms with Crippen LogP contribution >= 0.6 is 0 Å². The van der Waals surface area contributed by atoms with Crippen LogP contribution in [0, 0.1) is 0 Å². The third kappa shape index (κ3) is 1.63. The summed E-state index contributed by atoms with van der Waals surface area (Å²) in [4.78, 5) is 13.0. The van der Waals surface area contributed by atoms with Crippen molar-refractivity contribution in [2.45, 2.75) is 19.0 Å². The van der Waals surface area contributed by atoms with E-state index in [0.29, 0.717) is 0 Å². The number of nitrogens with two attached hydrogens (primary N) is 1. The molecule has 1 heterocycles. The molecule has 0 aromatic heterocycles. The lowest BCUT2D eigenvalue weighted by molar-refractivity contribution is -0.118. The molecule has 1 aliphatic heterocycles. The summed E-state index contributed by atoms with van der Waals surface area (Å²) in [7, 11) is 0. The average Bonchev–Trinajstić information content (AvgIpc) is 2.97. The maximum Gasteiger partial charge on any atom is 0.236 e. The van der Waals surface area contributed by atoms with Crippen LogP contribution in [0.15, 0.2) is 30.3 Å². The fourth-order valence-corrected chi connectivity index (χ4v) is 1.76. The fourth-order valence-electron chi connectivity index (χ4n) is 1.76. The second-order valence-corrected chi connectivity index (χ2v) is 3.70. The number of nitrogens with zero attached hydrogens (tertiary/aromatic N) is 1. The highest BCUT2D eigenvalue weighted by Crippen LogP contribution is 2.31. The van der Waals surface area contributed by atoms with Gasteiger partial charge in [0.1, 0.15) is 6.04 Å². The molecule has 0 saturated carbocycles. The molecule has 0 spiro atoms. The van der Waals surface area contributed by atoms with E-state index in [1.54, 1.807) is 0 Å². The van der Waals surface area contributed by atoms with Crippen LogP contribution in [-0.4, -0.2) is 23.4 Å². The Bertz CT molecular complexity index is 336. The first kappa shape index (κ1) is 9.21. The minimum atomic E-state index is -0.215. The number of hydrogen-bond donors (Lipinski definition) is 1. The van der Waals surface area contributed by atoms with Crippen LogP contribution < -0.4 is 5.73 Å². The topological polar surface area (TPSA) is 46.1 Å². The summed E-state index contributed by atoms with van der Waals surface area (Å²) >= 11 is 0. The lowest BCUT2D eigenvalue weighted by Gasteiger charge is -2.13. The molecular weight excluding hydrogens is 176 g/mol. The van der Waals surface area contributed by atoms with Gasteiger partial charge in [0.05, 0.1) is 0 Å². The van der Waals surface area contributed by atoms with Crippen LogP contribution in [-0.2, 0) is 4.79 Å². The average molecular weight is 190 g/mol. The third-order valence-electron chi connectivity index (χ3n) is 2.76. The van der Waals surface area contributed by atoms with Crippen LogP contribution in [0.4, 0.5) is 0 Å². The van der Waals surface area contributed by atoms with Gasteiger partial charge >= 0.3 is 0 Å². The number of hydrogen-bond acceptors (Lipinski definition) is 2. The van der Waals surface area contributed by atoms with Gasteiger partial charge in [0.25, 0.3) is 0 Å². The van der Waals surface area contributed by atoms with Crippen LogP contribution in [0.1, 0.15) is 18.5 Å². The Morgan fingerprint density at radius 1 is 1.50 bits per heavy atom. The van der Waals surface area contributed by atoms with Crippen molar-refractivity contribution >= 4 is 5.91 Å². The molecule has 2 N–H and O–H groups in total. The quantitative estimate of drug-likeness (QED) is 0.720. The van der Waals surface area contributed by atoms with Crippen molar-refractivity contribution in [3.63, 3.8) is 0 Å². The van der Waals surface area contributed by atoms with Gasteiger partial charge in [-0.25, -0.2) is 0 Å². The lowest BCUT2D eigenvalue weighted by atomic mass is 10.1. The number of carbonyl (C=O) groups is 1. The predicted molar refractivity (Wildman–Crippen MR) is 54.5 cm³/mol. The van der Waals surface area contributed by atoms with Gasteiger partial charge in [-0.05, 0) is 12.5 Å². The molecule has 0 aliphatic carbocycles. The van der Waals surface area contributed by atoms with Crippen molar-refractivity contribution in [3.8, 4) is 0 Å². The smallest absolute Gasteiger partial charge is 0.236 e. The van der Waals surface area contributed by atoms with E-state index in [1.165, 1.54) is 5.56 Å². The predicted octanol–water partition coefficient (Wildman–Crippen LogP) is 0.917. The summed E-state index contributed by atoms with van der Waals surface area (Å²) in [5.41, 5.74) is 6.46. The largest absolute Gasteiger partial charge is 0.368 e.